The standard InChI is InChI=1S/C22H26N8O/c1-22(14-29(2)8-9-31)13-25-20-16(12-23)10-15(11-17(20)22)18-4-6-24-21(26-18)27-19-5-7-30(3)28-19/h4-7,10-11,25,31H,8-9,13-14H2,1-3H3,(H,24,26,27,28). The lowest BCUT2D eigenvalue weighted by atomic mass is 9.82. The number of nitriles is 1. The number of likely N-dealkylation sites (N-methyl/N-ethyl adjacent to an activating group) is 1. The summed E-state index contributed by atoms with van der Waals surface area (Å²) in [4.78, 5) is 11.0. The molecule has 0 saturated heterocycles. The number of anilines is 3. The van der Waals surface area contributed by atoms with Crippen molar-refractivity contribution in [1.29, 1.82) is 5.26 Å². The molecule has 0 amide bonds. The molecule has 31 heavy (non-hydrogen) atoms. The summed E-state index contributed by atoms with van der Waals surface area (Å²) in [6.45, 7) is 4.39. The smallest absolute Gasteiger partial charge is 0.228 e. The molecule has 0 spiro atoms. The fourth-order valence-electron chi connectivity index (χ4n) is 4.09. The highest BCUT2D eigenvalue weighted by Gasteiger charge is 2.37. The third-order valence-corrected chi connectivity index (χ3v) is 5.57. The topological polar surface area (TPSA) is 115 Å². The van der Waals surface area contributed by atoms with E-state index in [1.54, 1.807) is 10.9 Å². The maximum absolute atomic E-state index is 9.77. The van der Waals surface area contributed by atoms with E-state index in [2.05, 4.69) is 49.7 Å². The number of aliphatic hydroxyl groups excluding tert-OH is 1. The number of hydrogen-bond donors (Lipinski definition) is 3. The number of aliphatic hydroxyl groups is 1. The van der Waals surface area contributed by atoms with Gasteiger partial charge in [-0.05, 0) is 30.8 Å². The van der Waals surface area contributed by atoms with Crippen molar-refractivity contribution in [3.63, 3.8) is 0 Å². The summed E-state index contributed by atoms with van der Waals surface area (Å²) in [5.74, 6) is 1.11. The molecule has 4 rings (SSSR count). The van der Waals surface area contributed by atoms with Crippen molar-refractivity contribution in [2.75, 3.05) is 43.9 Å². The van der Waals surface area contributed by atoms with Crippen LogP contribution in [0.3, 0.4) is 0 Å². The molecule has 0 radical (unpaired) electrons. The zero-order chi connectivity index (χ0) is 22.0. The first kappa shape index (κ1) is 20.8. The zero-order valence-corrected chi connectivity index (χ0v) is 17.9. The molecule has 0 saturated carbocycles. The maximum Gasteiger partial charge on any atom is 0.228 e. The maximum atomic E-state index is 9.77. The molecule has 0 aliphatic carbocycles. The van der Waals surface area contributed by atoms with Crippen LogP contribution >= 0.6 is 0 Å². The van der Waals surface area contributed by atoms with Gasteiger partial charge in [0.2, 0.25) is 5.95 Å². The first-order valence-electron chi connectivity index (χ1n) is 10.1. The van der Waals surface area contributed by atoms with Gasteiger partial charge in [-0.3, -0.25) is 4.68 Å². The van der Waals surface area contributed by atoms with Crippen LogP contribution < -0.4 is 10.6 Å². The van der Waals surface area contributed by atoms with Gasteiger partial charge in [-0.15, -0.1) is 0 Å². The number of hydrogen-bond acceptors (Lipinski definition) is 8. The quantitative estimate of drug-likeness (QED) is 0.534. The number of fused-ring (bicyclic) bond motifs is 1. The van der Waals surface area contributed by atoms with Crippen LogP contribution in [0.5, 0.6) is 0 Å². The molecule has 0 bridgehead atoms. The van der Waals surface area contributed by atoms with Crippen LogP contribution in [-0.4, -0.2) is 63.0 Å². The summed E-state index contributed by atoms with van der Waals surface area (Å²) in [5, 5.41) is 29.9. The molecule has 0 fully saturated rings. The van der Waals surface area contributed by atoms with Crippen LogP contribution in [0.15, 0.2) is 36.7 Å². The number of nitrogens with one attached hydrogen (secondary N) is 2. The molecule has 9 heteroatoms. The molecular formula is C22H26N8O. The average molecular weight is 419 g/mol. The van der Waals surface area contributed by atoms with Gasteiger partial charge in [-0.25, -0.2) is 9.97 Å². The summed E-state index contributed by atoms with van der Waals surface area (Å²) >= 11 is 0. The minimum absolute atomic E-state index is 0.114. The fraction of sp³-hybridized carbons (Fsp3) is 0.364. The van der Waals surface area contributed by atoms with Gasteiger partial charge in [-0.2, -0.15) is 10.4 Å². The van der Waals surface area contributed by atoms with Crippen molar-refractivity contribution >= 4 is 17.5 Å². The predicted octanol–water partition coefficient (Wildman–Crippen LogP) is 2.10. The third-order valence-electron chi connectivity index (χ3n) is 5.57. The number of rotatable bonds is 7. The van der Waals surface area contributed by atoms with Crippen molar-refractivity contribution in [3.8, 4) is 17.3 Å². The number of aromatic nitrogens is 4. The van der Waals surface area contributed by atoms with E-state index in [9.17, 15) is 10.4 Å². The monoisotopic (exact) mass is 418 g/mol. The Labute approximate surface area is 181 Å². The third kappa shape index (κ3) is 4.21. The van der Waals surface area contributed by atoms with E-state index >= 15 is 0 Å². The largest absolute Gasteiger partial charge is 0.395 e. The van der Waals surface area contributed by atoms with E-state index in [1.165, 1.54) is 0 Å². The van der Waals surface area contributed by atoms with Gasteiger partial charge >= 0.3 is 0 Å². The molecule has 1 aliphatic heterocycles. The summed E-state index contributed by atoms with van der Waals surface area (Å²) in [6.07, 6.45) is 3.53. The van der Waals surface area contributed by atoms with E-state index in [0.29, 0.717) is 23.9 Å². The van der Waals surface area contributed by atoms with E-state index < -0.39 is 0 Å². The normalized spacial score (nSPS) is 17.3. The first-order valence-corrected chi connectivity index (χ1v) is 10.1. The highest BCUT2D eigenvalue weighted by atomic mass is 16.3. The number of benzene rings is 1. The Morgan fingerprint density at radius 2 is 2.23 bits per heavy atom. The Kier molecular flexibility index (Phi) is 5.59. The lowest BCUT2D eigenvalue weighted by Gasteiger charge is -2.30. The minimum atomic E-state index is -0.192. The second-order valence-corrected chi connectivity index (χ2v) is 8.20. The molecule has 2 aromatic heterocycles. The van der Waals surface area contributed by atoms with Crippen molar-refractivity contribution in [1.82, 2.24) is 24.6 Å². The molecule has 3 N–H and O–H groups in total. The summed E-state index contributed by atoms with van der Waals surface area (Å²) in [6, 6.07) is 9.98. The van der Waals surface area contributed by atoms with Crippen LogP contribution in [0.4, 0.5) is 17.5 Å². The molecule has 1 aromatic carbocycles. The van der Waals surface area contributed by atoms with Crippen molar-refractivity contribution < 1.29 is 5.11 Å². The zero-order valence-electron chi connectivity index (χ0n) is 17.9. The second-order valence-electron chi connectivity index (χ2n) is 8.20. The fourth-order valence-corrected chi connectivity index (χ4v) is 4.09. The molecule has 9 nitrogen and oxygen atoms in total. The van der Waals surface area contributed by atoms with E-state index in [4.69, 9.17) is 0 Å². The molecular weight excluding hydrogens is 392 g/mol. The van der Waals surface area contributed by atoms with E-state index in [0.717, 1.165) is 35.6 Å². The average Bonchev–Trinajstić information content (AvgIpc) is 3.30. The first-order chi connectivity index (χ1) is 14.9. The molecule has 1 aliphatic rings. The minimum Gasteiger partial charge on any atom is -0.395 e. The Morgan fingerprint density at radius 1 is 1.39 bits per heavy atom. The number of aryl methyl sites for hydroxylation is 1. The molecule has 3 aromatic rings. The van der Waals surface area contributed by atoms with Gasteiger partial charge in [0.25, 0.3) is 0 Å². The van der Waals surface area contributed by atoms with Gasteiger partial charge in [0, 0.05) is 56.1 Å². The van der Waals surface area contributed by atoms with Gasteiger partial charge in [-0.1, -0.05) is 6.92 Å². The Hall–Kier alpha value is -3.48. The van der Waals surface area contributed by atoms with Gasteiger partial charge in [0.1, 0.15) is 6.07 Å². The predicted molar refractivity (Wildman–Crippen MR) is 119 cm³/mol. The molecule has 3 heterocycles. The summed E-state index contributed by atoms with van der Waals surface area (Å²) in [7, 11) is 3.84. The molecule has 160 valence electrons. The van der Waals surface area contributed by atoms with Crippen molar-refractivity contribution in [2.24, 2.45) is 7.05 Å². The molecule has 1 unspecified atom stereocenters. The Bertz CT molecular complexity index is 1130. The van der Waals surface area contributed by atoms with Crippen LogP contribution in [0.1, 0.15) is 18.1 Å². The van der Waals surface area contributed by atoms with Gasteiger partial charge < -0.3 is 20.6 Å². The second kappa shape index (κ2) is 8.34. The highest BCUT2D eigenvalue weighted by molar-refractivity contribution is 5.76. The van der Waals surface area contributed by atoms with Gasteiger partial charge in [0.05, 0.1) is 23.6 Å². The lowest BCUT2D eigenvalue weighted by molar-refractivity contribution is 0.198. The van der Waals surface area contributed by atoms with Gasteiger partial charge in [0.15, 0.2) is 5.82 Å². The SMILES string of the molecule is CN(CCO)CC1(C)CNc2c(C#N)cc(-c3ccnc(Nc4ccn(C)n4)n3)cc21. The van der Waals surface area contributed by atoms with Crippen LogP contribution in [0.2, 0.25) is 0 Å². The van der Waals surface area contributed by atoms with E-state index in [-0.39, 0.29) is 12.0 Å². The Morgan fingerprint density at radius 3 is 2.94 bits per heavy atom. The lowest BCUT2D eigenvalue weighted by Crippen LogP contribution is -2.39. The van der Waals surface area contributed by atoms with Crippen molar-refractivity contribution in [2.45, 2.75) is 12.3 Å². The Balaban J connectivity index is 1.70. The summed E-state index contributed by atoms with van der Waals surface area (Å²) < 4.78 is 1.70. The van der Waals surface area contributed by atoms with Crippen molar-refractivity contribution in [3.05, 3.63) is 47.8 Å². The molecule has 1 atom stereocenters. The van der Waals surface area contributed by atoms with Crippen LogP contribution in [0, 0.1) is 11.3 Å². The highest BCUT2D eigenvalue weighted by Crippen LogP contribution is 2.41. The van der Waals surface area contributed by atoms with Crippen LogP contribution in [0.25, 0.3) is 11.3 Å². The summed E-state index contributed by atoms with van der Waals surface area (Å²) in [5.41, 5.74) is 3.96. The number of nitrogens with zero attached hydrogens (tertiary/aromatic N) is 6. The van der Waals surface area contributed by atoms with Crippen LogP contribution in [-0.2, 0) is 12.5 Å². The van der Waals surface area contributed by atoms with E-state index in [1.807, 2.05) is 38.5 Å².